The highest BCUT2D eigenvalue weighted by molar-refractivity contribution is 8.13. The molecule has 2 aliphatic heterocycles. The van der Waals surface area contributed by atoms with Crippen LogP contribution in [0.4, 0.5) is 5.69 Å². The molecule has 0 bridgehead atoms. The summed E-state index contributed by atoms with van der Waals surface area (Å²) in [6, 6.07) is 7.23. The van der Waals surface area contributed by atoms with Gasteiger partial charge in [0.25, 0.3) is 0 Å². The van der Waals surface area contributed by atoms with Crippen molar-refractivity contribution < 1.29 is 14.0 Å². The van der Waals surface area contributed by atoms with E-state index in [1.165, 1.54) is 11.8 Å². The van der Waals surface area contributed by atoms with Crippen molar-refractivity contribution in [3.8, 4) is 0 Å². The van der Waals surface area contributed by atoms with Crippen LogP contribution >= 0.6 is 11.8 Å². The summed E-state index contributed by atoms with van der Waals surface area (Å²) < 4.78 is 5.68. The molecule has 4 rings (SSSR count). The van der Waals surface area contributed by atoms with Gasteiger partial charge in [-0.25, -0.2) is 4.99 Å². The van der Waals surface area contributed by atoms with Crippen molar-refractivity contribution in [1.82, 2.24) is 15.1 Å². The van der Waals surface area contributed by atoms with E-state index in [4.69, 9.17) is 9.41 Å². The number of aliphatic imine (C=N–C) groups is 2. The third-order valence-electron chi connectivity index (χ3n) is 6.35. The standard InChI is InChI=1S/C25H34N6O3S.2C2H6/c1-17-14-18-15-19(9-10-21(18)34-17)27-24(29-25(26-2)35-3)28-20-8-4-5-13-31(23(20)33)16-22(32)30-11-6-7-12-30;2*1-2/h9-10,14-15,20H,4-8,11-13,16H2,1-3H3,(H2,26,27,28,29);2*1-2H3. The second-order valence-electron chi connectivity index (χ2n) is 8.93. The zero-order valence-electron chi connectivity index (χ0n) is 24.7. The third kappa shape index (κ3) is 9.30. The summed E-state index contributed by atoms with van der Waals surface area (Å²) in [6.45, 7) is 12.2. The smallest absolute Gasteiger partial charge is 0.247 e. The molecule has 3 heterocycles. The number of carbonyl (C=O) groups excluding carboxylic acids is 2. The molecule has 1 atom stereocenters. The molecule has 2 aliphatic rings. The summed E-state index contributed by atoms with van der Waals surface area (Å²) in [4.78, 5) is 38.8. The number of hydrogen-bond acceptors (Lipinski definition) is 6. The number of aryl methyl sites for hydroxylation is 1. The molecule has 0 saturated carbocycles. The predicted molar refractivity (Wildman–Crippen MR) is 165 cm³/mol. The quantitative estimate of drug-likeness (QED) is 0.379. The van der Waals surface area contributed by atoms with Crippen molar-refractivity contribution in [2.24, 2.45) is 9.98 Å². The van der Waals surface area contributed by atoms with Gasteiger partial charge in [-0.05, 0) is 69.5 Å². The number of rotatable bonds is 4. The van der Waals surface area contributed by atoms with Crippen LogP contribution < -0.4 is 10.6 Å². The molecule has 2 aromatic rings. The molecule has 1 aromatic carbocycles. The summed E-state index contributed by atoms with van der Waals surface area (Å²) >= 11 is 1.46. The number of nitrogens with one attached hydrogen (secondary N) is 2. The van der Waals surface area contributed by atoms with Gasteiger partial charge in [-0.15, -0.1) is 0 Å². The van der Waals surface area contributed by atoms with Crippen LogP contribution in [0.25, 0.3) is 11.0 Å². The van der Waals surface area contributed by atoms with Crippen LogP contribution in [0, 0.1) is 6.92 Å². The highest BCUT2D eigenvalue weighted by Crippen LogP contribution is 2.23. The molecule has 1 unspecified atom stereocenters. The molecule has 0 aliphatic carbocycles. The number of thioether (sulfide) groups is 1. The second-order valence-corrected chi connectivity index (χ2v) is 9.72. The van der Waals surface area contributed by atoms with Crippen LogP contribution in [0.5, 0.6) is 0 Å². The number of fused-ring (bicyclic) bond motifs is 1. The minimum Gasteiger partial charge on any atom is -0.461 e. The Morgan fingerprint density at radius 3 is 2.44 bits per heavy atom. The third-order valence-corrected chi connectivity index (χ3v) is 7.02. The normalized spacial score (nSPS) is 18.1. The molecule has 2 N–H and O–H groups in total. The van der Waals surface area contributed by atoms with E-state index in [1.54, 1.807) is 11.9 Å². The molecule has 0 spiro atoms. The maximum atomic E-state index is 13.4. The van der Waals surface area contributed by atoms with E-state index < -0.39 is 6.04 Å². The number of guanidine groups is 1. The average molecular weight is 559 g/mol. The van der Waals surface area contributed by atoms with Crippen LogP contribution in [0.1, 0.15) is 65.6 Å². The van der Waals surface area contributed by atoms with Gasteiger partial charge in [0.1, 0.15) is 17.4 Å². The minimum absolute atomic E-state index is 0.0310. The molecule has 9 nitrogen and oxygen atoms in total. The van der Waals surface area contributed by atoms with E-state index in [1.807, 2.05) is 70.0 Å². The first-order chi connectivity index (χ1) is 19.0. The fourth-order valence-electron chi connectivity index (χ4n) is 4.53. The van der Waals surface area contributed by atoms with Crippen molar-refractivity contribution in [3.05, 3.63) is 30.0 Å². The van der Waals surface area contributed by atoms with E-state index in [0.717, 1.165) is 61.2 Å². The highest BCUT2D eigenvalue weighted by atomic mass is 32.2. The Labute approximate surface area is 237 Å². The lowest BCUT2D eigenvalue weighted by atomic mass is 10.1. The number of carbonyl (C=O) groups is 2. The van der Waals surface area contributed by atoms with Gasteiger partial charge in [-0.3, -0.25) is 14.6 Å². The largest absolute Gasteiger partial charge is 0.461 e. The topological polar surface area (TPSA) is 103 Å². The van der Waals surface area contributed by atoms with Gasteiger partial charge < -0.3 is 24.9 Å². The Balaban J connectivity index is 0.00000127. The molecular formula is C29H46N6O3S. The zero-order valence-corrected chi connectivity index (χ0v) is 25.5. The van der Waals surface area contributed by atoms with Gasteiger partial charge in [-0.2, -0.15) is 0 Å². The van der Waals surface area contributed by atoms with Crippen LogP contribution in [-0.2, 0) is 9.59 Å². The van der Waals surface area contributed by atoms with Gasteiger partial charge in [0.15, 0.2) is 5.17 Å². The number of amidine groups is 1. The van der Waals surface area contributed by atoms with E-state index >= 15 is 0 Å². The van der Waals surface area contributed by atoms with Crippen LogP contribution in [0.15, 0.2) is 38.7 Å². The van der Waals surface area contributed by atoms with Crippen molar-refractivity contribution in [2.75, 3.05) is 44.8 Å². The maximum absolute atomic E-state index is 13.4. The average Bonchev–Trinajstić information content (AvgIpc) is 3.60. The summed E-state index contributed by atoms with van der Waals surface area (Å²) in [5.41, 5.74) is 1.64. The van der Waals surface area contributed by atoms with E-state index in [2.05, 4.69) is 15.6 Å². The molecule has 0 radical (unpaired) electrons. The zero-order chi connectivity index (χ0) is 28.8. The first-order valence-electron chi connectivity index (χ1n) is 14.2. The number of likely N-dealkylation sites (tertiary alicyclic amines) is 2. The Bertz CT molecular complexity index is 1120. The molecule has 216 valence electrons. The van der Waals surface area contributed by atoms with Crippen molar-refractivity contribution >= 4 is 51.4 Å². The summed E-state index contributed by atoms with van der Waals surface area (Å²) in [6.07, 6.45) is 6.37. The number of anilines is 1. The first kappa shape index (κ1) is 32.2. The lowest BCUT2D eigenvalue weighted by Gasteiger charge is -2.25. The van der Waals surface area contributed by atoms with Gasteiger partial charge in [0.05, 0.1) is 6.54 Å². The van der Waals surface area contributed by atoms with Crippen LogP contribution in [0.3, 0.4) is 0 Å². The van der Waals surface area contributed by atoms with E-state index in [0.29, 0.717) is 24.1 Å². The Hall–Kier alpha value is -3.01. The maximum Gasteiger partial charge on any atom is 0.247 e. The molecule has 1 aromatic heterocycles. The fraction of sp³-hybridized carbons (Fsp3) is 0.586. The Morgan fingerprint density at radius 2 is 1.77 bits per heavy atom. The van der Waals surface area contributed by atoms with Gasteiger partial charge in [0, 0.05) is 37.8 Å². The van der Waals surface area contributed by atoms with E-state index in [9.17, 15) is 9.59 Å². The minimum atomic E-state index is -0.571. The second kappa shape index (κ2) is 16.8. The van der Waals surface area contributed by atoms with Crippen LogP contribution in [-0.4, -0.2) is 78.3 Å². The fourth-order valence-corrected chi connectivity index (χ4v) is 4.91. The summed E-state index contributed by atoms with van der Waals surface area (Å²) in [5, 5.41) is 8.22. The van der Waals surface area contributed by atoms with Gasteiger partial charge in [-0.1, -0.05) is 39.5 Å². The van der Waals surface area contributed by atoms with Crippen LogP contribution in [0.2, 0.25) is 0 Å². The van der Waals surface area contributed by atoms with Crippen molar-refractivity contribution in [2.45, 2.75) is 72.8 Å². The van der Waals surface area contributed by atoms with Gasteiger partial charge >= 0.3 is 0 Å². The lowest BCUT2D eigenvalue weighted by Crippen LogP contribution is -2.45. The predicted octanol–water partition coefficient (Wildman–Crippen LogP) is 5.50. The number of furan rings is 1. The van der Waals surface area contributed by atoms with E-state index in [-0.39, 0.29) is 18.4 Å². The molecule has 2 amide bonds. The summed E-state index contributed by atoms with van der Waals surface area (Å²) in [7, 11) is 1.71. The first-order valence-corrected chi connectivity index (χ1v) is 15.4. The molecule has 10 heteroatoms. The Morgan fingerprint density at radius 1 is 1.08 bits per heavy atom. The molecule has 2 saturated heterocycles. The number of amides is 2. The molecule has 2 fully saturated rings. The van der Waals surface area contributed by atoms with Crippen molar-refractivity contribution in [1.29, 1.82) is 0 Å². The SMILES string of the molecule is CC.CC.CN=C(NC(=NC1CCCCN(CC(=O)N2CCCC2)C1=O)Nc1ccc2oc(C)cc2c1)SC. The number of nitrogens with zero attached hydrogens (tertiary/aromatic N) is 4. The summed E-state index contributed by atoms with van der Waals surface area (Å²) in [5.74, 6) is 1.23. The van der Waals surface area contributed by atoms with Gasteiger partial charge in [0.2, 0.25) is 17.8 Å². The Kier molecular flexibility index (Phi) is 13.9. The monoisotopic (exact) mass is 558 g/mol. The highest BCUT2D eigenvalue weighted by Gasteiger charge is 2.30. The number of benzene rings is 1. The van der Waals surface area contributed by atoms with Crippen molar-refractivity contribution in [3.63, 3.8) is 0 Å². The number of hydrogen-bond donors (Lipinski definition) is 2. The molecular weight excluding hydrogens is 512 g/mol. The lowest BCUT2D eigenvalue weighted by molar-refractivity contribution is -0.140. The molecule has 39 heavy (non-hydrogen) atoms.